The fraction of sp³-hybridized carbons (Fsp3) is 0.727. The van der Waals surface area contributed by atoms with Gasteiger partial charge in [0.1, 0.15) is 18.0 Å². The van der Waals surface area contributed by atoms with Crippen LogP contribution >= 0.6 is 0 Å². The van der Waals surface area contributed by atoms with Gasteiger partial charge in [0.15, 0.2) is 0 Å². The van der Waals surface area contributed by atoms with Crippen molar-refractivity contribution in [3.05, 3.63) is 17.8 Å². The van der Waals surface area contributed by atoms with Crippen molar-refractivity contribution in [2.75, 3.05) is 44.2 Å². The second-order valence-electron chi connectivity index (χ2n) is 8.90. The van der Waals surface area contributed by atoms with Gasteiger partial charge in [0.2, 0.25) is 5.91 Å². The van der Waals surface area contributed by atoms with Crippen molar-refractivity contribution in [1.29, 1.82) is 0 Å². The highest BCUT2D eigenvalue weighted by molar-refractivity contribution is 5.76. The molecule has 0 radical (unpaired) electrons. The van der Waals surface area contributed by atoms with E-state index in [9.17, 15) is 18.0 Å². The molecule has 1 aromatic rings. The Labute approximate surface area is 181 Å². The van der Waals surface area contributed by atoms with Gasteiger partial charge >= 0.3 is 6.18 Å². The first-order valence-electron chi connectivity index (χ1n) is 11.3. The molecular weight excluding hydrogens is 409 g/mol. The van der Waals surface area contributed by atoms with Crippen molar-refractivity contribution in [3.8, 4) is 5.75 Å². The Hall–Kier alpha value is -2.03. The zero-order valence-corrected chi connectivity index (χ0v) is 17.8. The van der Waals surface area contributed by atoms with Crippen LogP contribution in [0.4, 0.5) is 19.0 Å². The van der Waals surface area contributed by atoms with E-state index in [1.165, 1.54) is 5.56 Å². The quantitative estimate of drug-likeness (QED) is 0.737. The summed E-state index contributed by atoms with van der Waals surface area (Å²) < 4.78 is 42.6. The minimum atomic E-state index is -4.43. The van der Waals surface area contributed by atoms with Crippen LogP contribution in [-0.2, 0) is 11.2 Å². The molecule has 31 heavy (non-hydrogen) atoms. The highest BCUT2D eigenvalue weighted by Gasteiger charge is 2.33. The summed E-state index contributed by atoms with van der Waals surface area (Å²) in [6.45, 7) is 5.72. The highest BCUT2D eigenvalue weighted by Crippen LogP contribution is 2.32. The Balaban J connectivity index is 1.15. The monoisotopic (exact) mass is 440 g/mol. The molecule has 0 aromatic carbocycles. The van der Waals surface area contributed by atoms with Gasteiger partial charge in [0.25, 0.3) is 0 Å². The highest BCUT2D eigenvalue weighted by atomic mass is 19.4. The van der Waals surface area contributed by atoms with E-state index in [2.05, 4.69) is 20.1 Å². The third kappa shape index (κ3) is 6.02. The number of carbonyl (C=O) groups excluding carboxylic acids is 1. The van der Waals surface area contributed by atoms with Gasteiger partial charge in [-0.2, -0.15) is 13.2 Å². The van der Waals surface area contributed by atoms with Gasteiger partial charge in [-0.05, 0) is 50.6 Å². The molecule has 1 aliphatic carbocycles. The van der Waals surface area contributed by atoms with E-state index in [0.717, 1.165) is 89.4 Å². The van der Waals surface area contributed by atoms with Gasteiger partial charge in [-0.15, -0.1) is 0 Å². The predicted octanol–water partition coefficient (Wildman–Crippen LogP) is 3.16. The van der Waals surface area contributed by atoms with Crippen LogP contribution in [0.15, 0.2) is 12.3 Å². The van der Waals surface area contributed by atoms with E-state index < -0.39 is 18.5 Å². The Morgan fingerprint density at radius 2 is 1.90 bits per heavy atom. The van der Waals surface area contributed by atoms with E-state index in [4.69, 9.17) is 4.74 Å². The number of hydrogen-bond donors (Lipinski definition) is 1. The number of halogens is 3. The number of pyridine rings is 1. The molecule has 1 aromatic heterocycles. The average Bonchev–Trinajstić information content (AvgIpc) is 3.21. The first kappa shape index (κ1) is 22.2. The van der Waals surface area contributed by atoms with Crippen LogP contribution in [0.25, 0.3) is 0 Å². The SMILES string of the molecule is O=C(CC(F)(F)F)NC1CCC(CCN2CCN(c3nccc4c3CCO4)CC2)CC1. The molecular formula is C22H31F3N4O2. The number of piperazine rings is 1. The normalized spacial score (nSPS) is 24.5. The summed E-state index contributed by atoms with van der Waals surface area (Å²) in [6, 6.07) is 1.83. The number of anilines is 1. The number of hydrogen-bond acceptors (Lipinski definition) is 5. The lowest BCUT2D eigenvalue weighted by Gasteiger charge is -2.37. The molecule has 1 saturated heterocycles. The zero-order chi connectivity index (χ0) is 21.8. The largest absolute Gasteiger partial charge is 0.493 e. The molecule has 1 saturated carbocycles. The maximum absolute atomic E-state index is 12.3. The van der Waals surface area contributed by atoms with E-state index >= 15 is 0 Å². The molecule has 3 aliphatic rings. The maximum Gasteiger partial charge on any atom is 0.397 e. The van der Waals surface area contributed by atoms with Crippen LogP contribution in [0.5, 0.6) is 5.75 Å². The number of alkyl halides is 3. The van der Waals surface area contributed by atoms with E-state index in [1.807, 2.05) is 12.3 Å². The third-order valence-electron chi connectivity index (χ3n) is 6.70. The molecule has 9 heteroatoms. The van der Waals surface area contributed by atoms with Crippen molar-refractivity contribution in [3.63, 3.8) is 0 Å². The molecule has 172 valence electrons. The molecule has 6 nitrogen and oxygen atoms in total. The summed E-state index contributed by atoms with van der Waals surface area (Å²) in [5.74, 6) is 1.72. The number of carbonyl (C=O) groups is 1. The van der Waals surface area contributed by atoms with Crippen molar-refractivity contribution in [2.45, 2.75) is 57.2 Å². The van der Waals surface area contributed by atoms with Gasteiger partial charge in [-0.3, -0.25) is 9.69 Å². The summed E-state index contributed by atoms with van der Waals surface area (Å²) >= 11 is 0. The lowest BCUT2D eigenvalue weighted by atomic mass is 9.84. The van der Waals surface area contributed by atoms with E-state index in [-0.39, 0.29) is 6.04 Å². The van der Waals surface area contributed by atoms with Crippen LogP contribution < -0.4 is 15.0 Å². The van der Waals surface area contributed by atoms with Gasteiger partial charge < -0.3 is 15.0 Å². The first-order valence-corrected chi connectivity index (χ1v) is 11.3. The number of fused-ring (bicyclic) bond motifs is 1. The smallest absolute Gasteiger partial charge is 0.397 e. The lowest BCUT2D eigenvalue weighted by molar-refractivity contribution is -0.154. The summed E-state index contributed by atoms with van der Waals surface area (Å²) in [6.07, 6.45) is 1.53. The molecule has 0 atom stereocenters. The van der Waals surface area contributed by atoms with Gasteiger partial charge in [0, 0.05) is 50.4 Å². The Morgan fingerprint density at radius 3 is 2.61 bits per heavy atom. The molecule has 3 heterocycles. The topological polar surface area (TPSA) is 57.7 Å². The Kier molecular flexibility index (Phi) is 6.89. The predicted molar refractivity (Wildman–Crippen MR) is 111 cm³/mol. The summed E-state index contributed by atoms with van der Waals surface area (Å²) in [5.41, 5.74) is 1.23. The van der Waals surface area contributed by atoms with Crippen LogP contribution in [0, 0.1) is 5.92 Å². The number of rotatable bonds is 6. The summed E-state index contributed by atoms with van der Waals surface area (Å²) in [4.78, 5) is 20.9. The van der Waals surface area contributed by atoms with E-state index in [1.54, 1.807) is 0 Å². The molecule has 0 spiro atoms. The lowest BCUT2D eigenvalue weighted by Crippen LogP contribution is -2.47. The summed E-state index contributed by atoms with van der Waals surface area (Å²) in [7, 11) is 0. The Morgan fingerprint density at radius 1 is 1.16 bits per heavy atom. The van der Waals surface area contributed by atoms with Crippen molar-refractivity contribution >= 4 is 11.7 Å². The van der Waals surface area contributed by atoms with Crippen LogP contribution in [0.1, 0.15) is 44.1 Å². The minimum Gasteiger partial charge on any atom is -0.493 e. The maximum atomic E-state index is 12.3. The van der Waals surface area contributed by atoms with Crippen molar-refractivity contribution < 1.29 is 22.7 Å². The minimum absolute atomic E-state index is 0.112. The third-order valence-corrected chi connectivity index (χ3v) is 6.70. The molecule has 1 N–H and O–H groups in total. The summed E-state index contributed by atoms with van der Waals surface area (Å²) in [5, 5.41) is 2.55. The number of aromatic nitrogens is 1. The van der Waals surface area contributed by atoms with Gasteiger partial charge in [-0.25, -0.2) is 4.98 Å². The van der Waals surface area contributed by atoms with Crippen LogP contribution in [-0.4, -0.2) is 67.3 Å². The number of ether oxygens (including phenoxy) is 1. The molecule has 0 bridgehead atoms. The van der Waals surface area contributed by atoms with Crippen molar-refractivity contribution in [1.82, 2.24) is 15.2 Å². The molecule has 2 aliphatic heterocycles. The fourth-order valence-electron chi connectivity index (χ4n) is 4.97. The number of nitrogens with zero attached hydrogens (tertiary/aromatic N) is 3. The number of amides is 1. The average molecular weight is 441 g/mol. The molecule has 0 unspecified atom stereocenters. The zero-order valence-electron chi connectivity index (χ0n) is 17.8. The molecule has 4 rings (SSSR count). The Bertz CT molecular complexity index is 758. The second kappa shape index (κ2) is 9.63. The molecule has 1 amide bonds. The number of nitrogens with one attached hydrogen (secondary N) is 1. The van der Waals surface area contributed by atoms with Crippen molar-refractivity contribution in [2.24, 2.45) is 5.92 Å². The van der Waals surface area contributed by atoms with Gasteiger partial charge in [-0.1, -0.05) is 0 Å². The standard InChI is InChI=1S/C22H31F3N4O2/c23-22(24,25)15-20(30)27-17-3-1-16(2-4-17)6-9-28-10-12-29(13-11-28)21-18-7-14-31-19(18)5-8-26-21/h5,8,16-17H,1-4,6-7,9-15H2,(H,27,30). The molecule has 2 fully saturated rings. The second-order valence-corrected chi connectivity index (χ2v) is 8.90. The first-order chi connectivity index (χ1) is 14.9. The van der Waals surface area contributed by atoms with Gasteiger partial charge in [0.05, 0.1) is 6.61 Å². The fourth-order valence-corrected chi connectivity index (χ4v) is 4.97. The van der Waals surface area contributed by atoms with Crippen LogP contribution in [0.3, 0.4) is 0 Å². The van der Waals surface area contributed by atoms with E-state index in [0.29, 0.717) is 5.92 Å². The van der Waals surface area contributed by atoms with Crippen LogP contribution in [0.2, 0.25) is 0 Å².